The molecule has 1 aromatic carbocycles. The predicted octanol–water partition coefficient (Wildman–Crippen LogP) is 1.58. The lowest BCUT2D eigenvalue weighted by Crippen LogP contribution is -2.32. The molecular weight excluding hydrogens is 234 g/mol. The number of hydrogen-bond donors (Lipinski definition) is 2. The second kappa shape index (κ2) is 4.99. The molecule has 1 rings (SSSR count). The fourth-order valence-electron chi connectivity index (χ4n) is 1.02. The van der Waals surface area contributed by atoms with Crippen LogP contribution in [-0.2, 0) is 11.2 Å². The first kappa shape index (κ1) is 10.2. The van der Waals surface area contributed by atoms with Gasteiger partial charge < -0.3 is 5.11 Å². The quantitative estimate of drug-likeness (QED) is 0.790. The van der Waals surface area contributed by atoms with Crippen LogP contribution in [0.3, 0.4) is 0 Å². The zero-order valence-corrected chi connectivity index (χ0v) is 8.49. The number of rotatable bonds is 4. The lowest BCUT2D eigenvalue weighted by atomic mass is 10.1. The Morgan fingerprint density at radius 1 is 1.46 bits per heavy atom. The molecule has 0 aliphatic heterocycles. The zero-order chi connectivity index (χ0) is 9.68. The van der Waals surface area contributed by atoms with E-state index in [2.05, 4.69) is 20.5 Å². The molecule has 4 heteroatoms. The van der Waals surface area contributed by atoms with Crippen LogP contribution in [0.4, 0.5) is 0 Å². The van der Waals surface area contributed by atoms with Gasteiger partial charge >= 0.3 is 5.97 Å². The molecular formula is C9H10BrNO2. The van der Waals surface area contributed by atoms with E-state index in [9.17, 15) is 4.79 Å². The van der Waals surface area contributed by atoms with Gasteiger partial charge in [0.05, 0.1) is 0 Å². The van der Waals surface area contributed by atoms with E-state index in [4.69, 9.17) is 5.11 Å². The van der Waals surface area contributed by atoms with E-state index in [0.29, 0.717) is 6.42 Å². The number of hydrogen-bond acceptors (Lipinski definition) is 2. The number of benzene rings is 1. The number of aliphatic carboxylic acids is 1. The Balaban J connectivity index is 2.62. The molecule has 1 atom stereocenters. The average molecular weight is 244 g/mol. The molecule has 0 saturated heterocycles. The molecule has 0 spiro atoms. The van der Waals surface area contributed by atoms with Gasteiger partial charge in [0.1, 0.15) is 6.04 Å². The van der Waals surface area contributed by atoms with Crippen molar-refractivity contribution in [2.24, 2.45) is 0 Å². The van der Waals surface area contributed by atoms with Gasteiger partial charge in [0, 0.05) is 16.1 Å². The number of carboxylic acids is 1. The zero-order valence-electron chi connectivity index (χ0n) is 6.90. The topological polar surface area (TPSA) is 49.3 Å². The van der Waals surface area contributed by atoms with Crippen molar-refractivity contribution in [3.05, 3.63) is 35.9 Å². The fourth-order valence-corrected chi connectivity index (χ4v) is 1.38. The lowest BCUT2D eigenvalue weighted by molar-refractivity contribution is -0.138. The van der Waals surface area contributed by atoms with Gasteiger partial charge in [-0.1, -0.05) is 30.3 Å². The SMILES string of the molecule is O=C(O)C(Cc1ccccc1)NBr. The number of nitrogens with one attached hydrogen (secondary N) is 1. The second-order valence-corrected chi connectivity index (χ2v) is 3.15. The van der Waals surface area contributed by atoms with Gasteiger partial charge in [0.2, 0.25) is 0 Å². The van der Waals surface area contributed by atoms with Crippen molar-refractivity contribution in [2.75, 3.05) is 0 Å². The summed E-state index contributed by atoms with van der Waals surface area (Å²) >= 11 is 2.94. The molecule has 3 nitrogen and oxygen atoms in total. The van der Waals surface area contributed by atoms with Crippen LogP contribution in [0.2, 0.25) is 0 Å². The van der Waals surface area contributed by atoms with Crippen LogP contribution in [0.15, 0.2) is 30.3 Å². The van der Waals surface area contributed by atoms with Gasteiger partial charge in [0.25, 0.3) is 0 Å². The summed E-state index contributed by atoms with van der Waals surface area (Å²) in [5.74, 6) is -0.860. The summed E-state index contributed by atoms with van der Waals surface area (Å²) in [5, 5.41) is 8.74. The van der Waals surface area contributed by atoms with E-state index in [0.717, 1.165) is 5.56 Å². The molecule has 0 aromatic heterocycles. The Kier molecular flexibility index (Phi) is 3.92. The van der Waals surface area contributed by atoms with Gasteiger partial charge in [-0.3, -0.25) is 4.79 Å². The molecule has 1 unspecified atom stereocenters. The summed E-state index contributed by atoms with van der Waals surface area (Å²) in [4.78, 5) is 10.6. The van der Waals surface area contributed by atoms with Gasteiger partial charge in [-0.2, -0.15) is 0 Å². The third-order valence-corrected chi connectivity index (χ3v) is 2.27. The highest BCUT2D eigenvalue weighted by Gasteiger charge is 2.15. The van der Waals surface area contributed by atoms with Gasteiger partial charge in [-0.05, 0) is 12.0 Å². The molecule has 0 radical (unpaired) electrons. The van der Waals surface area contributed by atoms with E-state index in [-0.39, 0.29) is 0 Å². The van der Waals surface area contributed by atoms with E-state index < -0.39 is 12.0 Å². The highest BCUT2D eigenvalue weighted by atomic mass is 79.9. The highest BCUT2D eigenvalue weighted by Crippen LogP contribution is 2.03. The molecule has 1 aromatic rings. The van der Waals surface area contributed by atoms with Crippen molar-refractivity contribution < 1.29 is 9.90 Å². The standard InChI is InChI=1S/C9H10BrNO2/c10-11-8(9(12)13)6-7-4-2-1-3-5-7/h1-5,8,11H,6H2,(H,12,13). The molecule has 13 heavy (non-hydrogen) atoms. The van der Waals surface area contributed by atoms with Crippen LogP contribution in [0, 0.1) is 0 Å². The maximum atomic E-state index is 10.6. The maximum absolute atomic E-state index is 10.6. The van der Waals surface area contributed by atoms with Crippen LogP contribution in [0.25, 0.3) is 0 Å². The number of carboxylic acid groups (broad SMARTS) is 1. The lowest BCUT2D eigenvalue weighted by Gasteiger charge is -2.08. The number of carbonyl (C=O) groups is 1. The van der Waals surface area contributed by atoms with Gasteiger partial charge in [-0.25, -0.2) is 4.34 Å². The van der Waals surface area contributed by atoms with Crippen molar-refractivity contribution in [3.8, 4) is 0 Å². The molecule has 70 valence electrons. The molecule has 0 fully saturated rings. The third kappa shape index (κ3) is 3.16. The summed E-state index contributed by atoms with van der Waals surface area (Å²) < 4.78 is 2.56. The van der Waals surface area contributed by atoms with Crippen LogP contribution in [0.5, 0.6) is 0 Å². The Labute approximate surface area is 85.1 Å². The molecule has 0 amide bonds. The van der Waals surface area contributed by atoms with E-state index in [1.165, 1.54) is 0 Å². The first-order valence-electron chi connectivity index (χ1n) is 3.87. The first-order valence-corrected chi connectivity index (χ1v) is 4.66. The molecule has 0 saturated carbocycles. The average Bonchev–Trinajstić information content (AvgIpc) is 2.15. The van der Waals surface area contributed by atoms with Crippen LogP contribution in [-0.4, -0.2) is 17.1 Å². The maximum Gasteiger partial charge on any atom is 0.321 e. The molecule has 0 aliphatic carbocycles. The summed E-state index contributed by atoms with van der Waals surface area (Å²) in [5.41, 5.74) is 1.00. The minimum absolute atomic E-state index is 0.474. The summed E-state index contributed by atoms with van der Waals surface area (Å²) in [7, 11) is 0. The Hall–Kier alpha value is -0.870. The van der Waals surface area contributed by atoms with Crippen LogP contribution < -0.4 is 4.34 Å². The van der Waals surface area contributed by atoms with E-state index in [1.807, 2.05) is 30.3 Å². The molecule has 0 heterocycles. The minimum atomic E-state index is -0.860. The molecule has 2 N–H and O–H groups in total. The van der Waals surface area contributed by atoms with Crippen LogP contribution >= 0.6 is 16.1 Å². The van der Waals surface area contributed by atoms with Crippen molar-refractivity contribution in [3.63, 3.8) is 0 Å². The number of halogens is 1. The fraction of sp³-hybridized carbons (Fsp3) is 0.222. The summed E-state index contributed by atoms with van der Waals surface area (Å²) in [6.45, 7) is 0. The molecule has 0 aliphatic rings. The van der Waals surface area contributed by atoms with Crippen molar-refractivity contribution >= 4 is 22.1 Å². The summed E-state index contributed by atoms with van der Waals surface area (Å²) in [6.07, 6.45) is 0.474. The van der Waals surface area contributed by atoms with E-state index >= 15 is 0 Å². The Morgan fingerprint density at radius 2 is 2.08 bits per heavy atom. The first-order chi connectivity index (χ1) is 6.24. The van der Waals surface area contributed by atoms with Crippen molar-refractivity contribution in [2.45, 2.75) is 12.5 Å². The monoisotopic (exact) mass is 243 g/mol. The highest BCUT2D eigenvalue weighted by molar-refractivity contribution is 9.08. The van der Waals surface area contributed by atoms with Crippen molar-refractivity contribution in [1.82, 2.24) is 4.34 Å². The second-order valence-electron chi connectivity index (χ2n) is 2.69. The van der Waals surface area contributed by atoms with Crippen LogP contribution in [0.1, 0.15) is 5.56 Å². The third-order valence-electron chi connectivity index (χ3n) is 1.71. The minimum Gasteiger partial charge on any atom is -0.480 e. The smallest absolute Gasteiger partial charge is 0.321 e. The molecule has 0 bridgehead atoms. The van der Waals surface area contributed by atoms with Crippen molar-refractivity contribution in [1.29, 1.82) is 0 Å². The summed E-state index contributed by atoms with van der Waals surface area (Å²) in [6, 6.07) is 8.91. The van der Waals surface area contributed by atoms with E-state index in [1.54, 1.807) is 0 Å². The Bertz CT molecular complexity index is 276. The normalized spacial score (nSPS) is 12.4. The largest absolute Gasteiger partial charge is 0.480 e. The predicted molar refractivity (Wildman–Crippen MR) is 53.6 cm³/mol. The van der Waals surface area contributed by atoms with Gasteiger partial charge in [0.15, 0.2) is 0 Å². The Morgan fingerprint density at radius 3 is 2.54 bits per heavy atom. The van der Waals surface area contributed by atoms with Gasteiger partial charge in [-0.15, -0.1) is 0 Å².